The first-order valence-corrected chi connectivity index (χ1v) is 7.38. The molecule has 5 nitrogen and oxygen atoms in total. The van der Waals surface area contributed by atoms with E-state index in [2.05, 4.69) is 5.32 Å². The average molecular weight is 293 g/mol. The summed E-state index contributed by atoms with van der Waals surface area (Å²) >= 11 is 0. The second-order valence-electron chi connectivity index (χ2n) is 5.59. The number of aliphatic hydroxyl groups is 1. The number of benzene rings is 1. The van der Waals surface area contributed by atoms with E-state index in [-0.39, 0.29) is 5.92 Å². The number of hydrogen-bond acceptors (Lipinski definition) is 4. The largest absolute Gasteiger partial charge is 0.497 e. The number of hydrogen-bond donors (Lipinski definition) is 3. The van der Waals surface area contributed by atoms with Crippen LogP contribution >= 0.6 is 0 Å². The molecule has 1 saturated carbocycles. The quantitative estimate of drug-likeness (QED) is 0.747. The fraction of sp³-hybridized carbons (Fsp3) is 0.562. The summed E-state index contributed by atoms with van der Waals surface area (Å²) in [5.74, 6) is -0.162. The topological polar surface area (TPSA) is 78.8 Å². The summed E-state index contributed by atoms with van der Waals surface area (Å²) in [4.78, 5) is 10.9. The third-order valence-corrected chi connectivity index (χ3v) is 4.15. The van der Waals surface area contributed by atoms with Gasteiger partial charge in [-0.3, -0.25) is 4.79 Å². The zero-order valence-corrected chi connectivity index (χ0v) is 12.3. The van der Waals surface area contributed by atoms with Crippen molar-refractivity contribution in [1.82, 2.24) is 5.32 Å². The van der Waals surface area contributed by atoms with Crippen molar-refractivity contribution in [2.24, 2.45) is 5.92 Å². The van der Waals surface area contributed by atoms with Crippen molar-refractivity contribution in [3.8, 4) is 5.75 Å². The molecule has 0 heterocycles. The second kappa shape index (κ2) is 7.43. The Morgan fingerprint density at radius 2 is 2.10 bits per heavy atom. The minimum absolute atomic E-state index is 0.202. The van der Waals surface area contributed by atoms with Crippen LogP contribution in [0.3, 0.4) is 0 Å². The molecule has 116 valence electrons. The molecular weight excluding hydrogens is 270 g/mol. The lowest BCUT2D eigenvalue weighted by atomic mass is 9.86. The van der Waals surface area contributed by atoms with Crippen molar-refractivity contribution in [3.63, 3.8) is 0 Å². The molecule has 2 rings (SSSR count). The molecule has 1 aromatic carbocycles. The molecule has 0 spiro atoms. The van der Waals surface area contributed by atoms with Gasteiger partial charge in [-0.25, -0.2) is 0 Å². The molecule has 3 N–H and O–H groups in total. The summed E-state index contributed by atoms with van der Waals surface area (Å²) in [6.07, 6.45) is 2.53. The number of nitrogens with one attached hydrogen (secondary N) is 1. The summed E-state index contributed by atoms with van der Waals surface area (Å²) in [6.45, 7) is 0.468. The highest BCUT2D eigenvalue weighted by molar-refractivity contribution is 5.70. The van der Waals surface area contributed by atoms with E-state index >= 15 is 0 Å². The van der Waals surface area contributed by atoms with Crippen molar-refractivity contribution in [2.75, 3.05) is 13.7 Å². The van der Waals surface area contributed by atoms with E-state index in [4.69, 9.17) is 9.84 Å². The van der Waals surface area contributed by atoms with Gasteiger partial charge in [-0.2, -0.15) is 0 Å². The van der Waals surface area contributed by atoms with E-state index in [1.54, 1.807) is 7.11 Å². The molecule has 1 aromatic rings. The monoisotopic (exact) mass is 293 g/mol. The van der Waals surface area contributed by atoms with E-state index < -0.39 is 12.1 Å². The van der Waals surface area contributed by atoms with Crippen molar-refractivity contribution in [3.05, 3.63) is 29.8 Å². The number of ether oxygens (including phenoxy) is 1. The summed E-state index contributed by atoms with van der Waals surface area (Å²) in [6, 6.07) is 7.69. The predicted molar refractivity (Wildman–Crippen MR) is 79.3 cm³/mol. The van der Waals surface area contributed by atoms with Gasteiger partial charge in [0.25, 0.3) is 0 Å². The van der Waals surface area contributed by atoms with Crippen molar-refractivity contribution in [1.29, 1.82) is 0 Å². The van der Waals surface area contributed by atoms with Crippen LogP contribution in [0.15, 0.2) is 24.3 Å². The Labute approximate surface area is 124 Å². The first-order valence-electron chi connectivity index (χ1n) is 7.38. The van der Waals surface area contributed by atoms with Gasteiger partial charge in [0.1, 0.15) is 5.75 Å². The Morgan fingerprint density at radius 1 is 1.38 bits per heavy atom. The molecule has 21 heavy (non-hydrogen) atoms. The minimum atomic E-state index is -0.690. The number of carboxylic acids is 1. The van der Waals surface area contributed by atoms with Gasteiger partial charge in [-0.05, 0) is 43.4 Å². The van der Waals surface area contributed by atoms with Gasteiger partial charge in [-0.1, -0.05) is 12.1 Å². The predicted octanol–water partition coefficient (Wildman–Crippen LogP) is 1.96. The number of rotatable bonds is 6. The van der Waals surface area contributed by atoms with Crippen LogP contribution in [0, 0.1) is 5.92 Å². The lowest BCUT2D eigenvalue weighted by Gasteiger charge is -2.27. The van der Waals surface area contributed by atoms with E-state index in [1.807, 2.05) is 24.3 Å². The zero-order valence-electron chi connectivity index (χ0n) is 12.3. The normalized spacial score (nSPS) is 23.5. The third kappa shape index (κ3) is 4.44. The molecule has 1 aliphatic carbocycles. The first kappa shape index (κ1) is 15.8. The van der Waals surface area contributed by atoms with Gasteiger partial charge in [-0.15, -0.1) is 0 Å². The maximum absolute atomic E-state index is 10.9. The average Bonchev–Trinajstić information content (AvgIpc) is 2.53. The van der Waals surface area contributed by atoms with E-state index in [0.717, 1.165) is 24.2 Å². The third-order valence-electron chi connectivity index (χ3n) is 4.15. The van der Waals surface area contributed by atoms with Crippen LogP contribution in [0.5, 0.6) is 5.75 Å². The highest BCUT2D eigenvalue weighted by Gasteiger charge is 2.25. The molecule has 1 fully saturated rings. The van der Waals surface area contributed by atoms with Crippen LogP contribution < -0.4 is 10.1 Å². The Balaban J connectivity index is 1.79. The molecule has 1 aliphatic rings. The van der Waals surface area contributed by atoms with Crippen LogP contribution in [0.2, 0.25) is 0 Å². The number of methoxy groups -OCH3 is 1. The van der Waals surface area contributed by atoms with Gasteiger partial charge >= 0.3 is 5.97 Å². The van der Waals surface area contributed by atoms with Gasteiger partial charge < -0.3 is 20.3 Å². The Bertz CT molecular complexity index is 469. The van der Waals surface area contributed by atoms with Crippen molar-refractivity contribution < 1.29 is 19.7 Å². The molecule has 5 heteroatoms. The van der Waals surface area contributed by atoms with Gasteiger partial charge in [0.15, 0.2) is 0 Å². The van der Waals surface area contributed by atoms with E-state index in [0.29, 0.717) is 25.4 Å². The molecule has 0 amide bonds. The maximum atomic E-state index is 10.9. The summed E-state index contributed by atoms with van der Waals surface area (Å²) < 4.78 is 5.15. The first-order chi connectivity index (χ1) is 10.1. The molecule has 0 aliphatic heterocycles. The minimum Gasteiger partial charge on any atom is -0.497 e. The molecule has 0 radical (unpaired) electrons. The van der Waals surface area contributed by atoms with Crippen LogP contribution in [0.1, 0.15) is 37.4 Å². The van der Waals surface area contributed by atoms with Crippen LogP contribution in [-0.4, -0.2) is 35.9 Å². The summed E-state index contributed by atoms with van der Waals surface area (Å²) in [7, 11) is 1.60. The molecule has 1 unspecified atom stereocenters. The Hall–Kier alpha value is -1.59. The summed E-state index contributed by atoms with van der Waals surface area (Å²) in [5, 5.41) is 22.5. The van der Waals surface area contributed by atoms with E-state index in [1.165, 1.54) is 0 Å². The lowest BCUT2D eigenvalue weighted by molar-refractivity contribution is -0.142. The van der Waals surface area contributed by atoms with E-state index in [9.17, 15) is 9.90 Å². The highest BCUT2D eigenvalue weighted by atomic mass is 16.5. The molecule has 0 aromatic heterocycles. The molecular formula is C16H23NO4. The van der Waals surface area contributed by atoms with Gasteiger partial charge in [0, 0.05) is 12.6 Å². The lowest BCUT2D eigenvalue weighted by Crippen LogP contribution is -2.37. The SMILES string of the molecule is COc1cccc(C(O)CNC2CCC(C(=O)O)CC2)c1. The van der Waals surface area contributed by atoms with Crippen molar-refractivity contribution in [2.45, 2.75) is 37.8 Å². The fourth-order valence-corrected chi connectivity index (χ4v) is 2.79. The number of carbonyl (C=O) groups is 1. The second-order valence-corrected chi connectivity index (χ2v) is 5.59. The van der Waals surface area contributed by atoms with Crippen LogP contribution in [0.25, 0.3) is 0 Å². The van der Waals surface area contributed by atoms with Crippen LogP contribution in [-0.2, 0) is 4.79 Å². The number of aliphatic carboxylic acids is 1. The van der Waals surface area contributed by atoms with Gasteiger partial charge in [0.2, 0.25) is 0 Å². The Kier molecular flexibility index (Phi) is 5.59. The fourth-order valence-electron chi connectivity index (χ4n) is 2.79. The van der Waals surface area contributed by atoms with Gasteiger partial charge in [0.05, 0.1) is 19.1 Å². The van der Waals surface area contributed by atoms with Crippen molar-refractivity contribution >= 4 is 5.97 Å². The number of carboxylic acid groups (broad SMARTS) is 1. The Morgan fingerprint density at radius 3 is 2.71 bits per heavy atom. The molecule has 0 saturated heterocycles. The number of aliphatic hydroxyl groups excluding tert-OH is 1. The van der Waals surface area contributed by atoms with Crippen LogP contribution in [0.4, 0.5) is 0 Å². The molecule has 1 atom stereocenters. The zero-order chi connectivity index (χ0) is 15.2. The summed E-state index contributed by atoms with van der Waals surface area (Å²) in [5.41, 5.74) is 0.820. The standard InChI is InChI=1S/C16H23NO4/c1-21-14-4-2-3-12(9-14)15(18)10-17-13-7-5-11(6-8-13)16(19)20/h2-4,9,11,13,15,17-18H,5-8,10H2,1H3,(H,19,20). The highest BCUT2D eigenvalue weighted by Crippen LogP contribution is 2.25. The maximum Gasteiger partial charge on any atom is 0.306 e. The molecule has 0 bridgehead atoms. The smallest absolute Gasteiger partial charge is 0.306 e.